The van der Waals surface area contributed by atoms with Crippen LogP contribution in [-0.4, -0.2) is 45.6 Å². The van der Waals surface area contributed by atoms with E-state index < -0.39 is 24.2 Å². The number of benzene rings is 2. The van der Waals surface area contributed by atoms with Crippen molar-refractivity contribution in [2.24, 2.45) is 0 Å². The van der Waals surface area contributed by atoms with Crippen LogP contribution in [-0.2, 0) is 14.3 Å². The Morgan fingerprint density at radius 1 is 0.941 bits per heavy atom. The van der Waals surface area contributed by atoms with E-state index in [1.165, 1.54) is 12.0 Å². The van der Waals surface area contributed by atoms with Gasteiger partial charge in [0.1, 0.15) is 23.3 Å². The number of cyclic esters (lactones) is 1. The highest BCUT2D eigenvalue weighted by Crippen LogP contribution is 2.43. The number of rotatable bonds is 12. The normalized spacial score (nSPS) is 17.3. The predicted molar refractivity (Wildman–Crippen MR) is 128 cm³/mol. The van der Waals surface area contributed by atoms with Crippen LogP contribution >= 0.6 is 0 Å². The highest BCUT2D eigenvalue weighted by molar-refractivity contribution is 5.96. The molecule has 1 heterocycles. The van der Waals surface area contributed by atoms with Crippen molar-refractivity contribution in [3.63, 3.8) is 0 Å². The quantitative estimate of drug-likeness (QED) is 0.307. The van der Waals surface area contributed by atoms with Gasteiger partial charge in [-0.05, 0) is 49.2 Å². The highest BCUT2D eigenvalue weighted by Gasteiger charge is 2.49. The number of anilines is 1. The molecule has 0 N–H and O–H groups in total. The smallest absolute Gasteiger partial charge is 0.415 e. The Hall–Kier alpha value is -3.42. The van der Waals surface area contributed by atoms with E-state index in [0.717, 1.165) is 25.7 Å². The van der Waals surface area contributed by atoms with Crippen molar-refractivity contribution in [3.05, 3.63) is 48.0 Å². The monoisotopic (exact) mass is 471 g/mol. The van der Waals surface area contributed by atoms with Gasteiger partial charge < -0.3 is 23.7 Å². The lowest BCUT2D eigenvalue weighted by Crippen LogP contribution is -2.33. The zero-order chi connectivity index (χ0) is 24.5. The molecule has 3 rings (SSSR count). The fraction of sp³-hybridized carbons (Fsp3) is 0.462. The summed E-state index contributed by atoms with van der Waals surface area (Å²) in [5.74, 6) is 1.21. The minimum Gasteiger partial charge on any atom is -0.497 e. The van der Waals surface area contributed by atoms with Gasteiger partial charge in [0.05, 0.1) is 27.4 Å². The fourth-order valence-electron chi connectivity index (χ4n) is 3.72. The Morgan fingerprint density at radius 2 is 1.59 bits per heavy atom. The van der Waals surface area contributed by atoms with Crippen LogP contribution in [0.4, 0.5) is 10.5 Å². The summed E-state index contributed by atoms with van der Waals surface area (Å²) in [4.78, 5) is 27.0. The Labute approximate surface area is 200 Å². The molecule has 0 aliphatic carbocycles. The summed E-state index contributed by atoms with van der Waals surface area (Å²) >= 11 is 0. The standard InChI is InChI=1S/C26H33NO7/c1-5-7-15-32-20-13-14-21(22(17-20)33-16-8-6-2)23-24(25(28)31-4)34-26(29)27(23)18-9-11-19(30-3)12-10-18/h9-14,17,23-24H,5-8,15-16H2,1-4H3/t23-,24+/m1/s1. The van der Waals surface area contributed by atoms with Crippen LogP contribution < -0.4 is 19.1 Å². The Morgan fingerprint density at radius 3 is 2.21 bits per heavy atom. The SMILES string of the molecule is CCCCOc1ccc([C@@H]2[C@@H](C(=O)OC)OC(=O)N2c2ccc(OC)cc2)c(OCCCC)c1. The van der Waals surface area contributed by atoms with Gasteiger partial charge in [0.2, 0.25) is 6.10 Å². The van der Waals surface area contributed by atoms with Crippen LogP contribution in [0, 0.1) is 0 Å². The molecule has 2 atom stereocenters. The number of unbranched alkanes of at least 4 members (excludes halogenated alkanes) is 2. The molecule has 0 aromatic heterocycles. The molecule has 2 aromatic carbocycles. The van der Waals surface area contributed by atoms with E-state index in [9.17, 15) is 9.59 Å². The van der Waals surface area contributed by atoms with Gasteiger partial charge in [-0.1, -0.05) is 26.7 Å². The third-order valence-electron chi connectivity index (χ3n) is 5.60. The summed E-state index contributed by atoms with van der Waals surface area (Å²) in [6.07, 6.45) is 2.00. The largest absolute Gasteiger partial charge is 0.497 e. The molecule has 2 aromatic rings. The maximum atomic E-state index is 13.0. The van der Waals surface area contributed by atoms with Crippen LogP contribution in [0.15, 0.2) is 42.5 Å². The van der Waals surface area contributed by atoms with Gasteiger partial charge >= 0.3 is 12.1 Å². The number of hydrogen-bond acceptors (Lipinski definition) is 7. The van der Waals surface area contributed by atoms with Crippen molar-refractivity contribution in [3.8, 4) is 17.2 Å². The van der Waals surface area contributed by atoms with Gasteiger partial charge in [0.25, 0.3) is 0 Å². The van der Waals surface area contributed by atoms with Crippen LogP contribution in [0.3, 0.4) is 0 Å². The van der Waals surface area contributed by atoms with Gasteiger partial charge in [0.15, 0.2) is 0 Å². The van der Waals surface area contributed by atoms with Crippen molar-refractivity contribution in [2.75, 3.05) is 32.3 Å². The lowest BCUT2D eigenvalue weighted by atomic mass is 9.98. The van der Waals surface area contributed by atoms with Gasteiger partial charge in [0, 0.05) is 17.3 Å². The topological polar surface area (TPSA) is 83.5 Å². The maximum Gasteiger partial charge on any atom is 0.415 e. The maximum absolute atomic E-state index is 13.0. The number of hydrogen-bond donors (Lipinski definition) is 0. The minimum absolute atomic E-state index is 0.495. The molecule has 1 fully saturated rings. The second-order valence-electron chi connectivity index (χ2n) is 7.94. The molecule has 0 unspecified atom stereocenters. The first-order chi connectivity index (χ1) is 16.5. The lowest BCUT2D eigenvalue weighted by molar-refractivity contribution is -0.149. The van der Waals surface area contributed by atoms with E-state index in [0.29, 0.717) is 41.7 Å². The van der Waals surface area contributed by atoms with E-state index >= 15 is 0 Å². The summed E-state index contributed by atoms with van der Waals surface area (Å²) in [6.45, 7) is 5.27. The first-order valence-corrected chi connectivity index (χ1v) is 11.6. The summed E-state index contributed by atoms with van der Waals surface area (Å²) in [6, 6.07) is 11.6. The molecular formula is C26H33NO7. The first-order valence-electron chi connectivity index (χ1n) is 11.6. The van der Waals surface area contributed by atoms with Crippen molar-refractivity contribution in [1.29, 1.82) is 0 Å². The molecular weight excluding hydrogens is 438 g/mol. The van der Waals surface area contributed by atoms with Crippen molar-refractivity contribution < 1.29 is 33.3 Å². The van der Waals surface area contributed by atoms with Crippen LogP contribution in [0.5, 0.6) is 17.2 Å². The van der Waals surface area contributed by atoms with Crippen molar-refractivity contribution in [2.45, 2.75) is 51.7 Å². The molecule has 1 aliphatic heterocycles. The van der Waals surface area contributed by atoms with Crippen molar-refractivity contribution >= 4 is 17.7 Å². The number of amides is 1. The highest BCUT2D eigenvalue weighted by atomic mass is 16.6. The molecule has 34 heavy (non-hydrogen) atoms. The van der Waals surface area contributed by atoms with E-state index in [4.69, 9.17) is 23.7 Å². The fourth-order valence-corrected chi connectivity index (χ4v) is 3.72. The Balaban J connectivity index is 2.04. The molecule has 1 saturated heterocycles. The average Bonchev–Trinajstić information content (AvgIpc) is 3.20. The summed E-state index contributed by atoms with van der Waals surface area (Å²) in [5, 5.41) is 0. The lowest BCUT2D eigenvalue weighted by Gasteiger charge is -2.26. The predicted octanol–water partition coefficient (Wildman–Crippen LogP) is 5.29. The summed E-state index contributed by atoms with van der Waals surface area (Å²) < 4.78 is 27.7. The van der Waals surface area contributed by atoms with E-state index in [1.807, 2.05) is 18.2 Å². The van der Waals surface area contributed by atoms with E-state index in [-0.39, 0.29) is 0 Å². The van der Waals surface area contributed by atoms with E-state index in [2.05, 4.69) is 13.8 Å². The third kappa shape index (κ3) is 5.73. The molecule has 0 bridgehead atoms. The number of nitrogens with zero attached hydrogens (tertiary/aromatic N) is 1. The molecule has 0 spiro atoms. The minimum atomic E-state index is -1.15. The molecule has 1 amide bonds. The van der Waals surface area contributed by atoms with Gasteiger partial charge in [-0.15, -0.1) is 0 Å². The molecule has 8 heteroatoms. The zero-order valence-corrected chi connectivity index (χ0v) is 20.2. The second-order valence-corrected chi connectivity index (χ2v) is 7.94. The molecule has 0 saturated carbocycles. The van der Waals surface area contributed by atoms with Gasteiger partial charge in [-0.2, -0.15) is 0 Å². The van der Waals surface area contributed by atoms with Gasteiger partial charge in [-0.3, -0.25) is 4.90 Å². The summed E-state index contributed by atoms with van der Waals surface area (Å²) in [7, 11) is 2.84. The number of carbonyl (C=O) groups excluding carboxylic acids is 2. The van der Waals surface area contributed by atoms with Crippen LogP contribution in [0.1, 0.15) is 51.1 Å². The van der Waals surface area contributed by atoms with E-state index in [1.54, 1.807) is 31.4 Å². The third-order valence-corrected chi connectivity index (χ3v) is 5.60. The Kier molecular flexibility index (Phi) is 9.01. The summed E-state index contributed by atoms with van der Waals surface area (Å²) in [5.41, 5.74) is 1.20. The molecule has 1 aliphatic rings. The molecule has 8 nitrogen and oxygen atoms in total. The first kappa shape index (κ1) is 25.2. The average molecular weight is 472 g/mol. The van der Waals surface area contributed by atoms with Gasteiger partial charge in [-0.25, -0.2) is 9.59 Å². The van der Waals surface area contributed by atoms with Crippen LogP contribution in [0.2, 0.25) is 0 Å². The van der Waals surface area contributed by atoms with Crippen LogP contribution in [0.25, 0.3) is 0 Å². The number of ether oxygens (including phenoxy) is 5. The number of methoxy groups -OCH3 is 2. The zero-order valence-electron chi connectivity index (χ0n) is 20.2. The molecule has 0 radical (unpaired) electrons. The number of esters is 1. The number of carbonyl (C=O) groups is 2. The second kappa shape index (κ2) is 12.2. The Bertz CT molecular complexity index is 960. The van der Waals surface area contributed by atoms with Crippen molar-refractivity contribution in [1.82, 2.24) is 0 Å². The molecule has 184 valence electrons.